The summed E-state index contributed by atoms with van der Waals surface area (Å²) in [6.45, 7) is 1.45. The van der Waals surface area contributed by atoms with Crippen LogP contribution in [0.1, 0.15) is 66.4 Å². The van der Waals surface area contributed by atoms with Gasteiger partial charge in [0.05, 0.1) is 17.8 Å². The van der Waals surface area contributed by atoms with E-state index in [1.807, 2.05) is 11.0 Å². The highest BCUT2D eigenvalue weighted by molar-refractivity contribution is 5.86. The van der Waals surface area contributed by atoms with E-state index in [0.717, 1.165) is 51.6 Å². The van der Waals surface area contributed by atoms with Crippen LogP contribution in [0.4, 0.5) is 0 Å². The van der Waals surface area contributed by atoms with Crippen molar-refractivity contribution in [2.45, 2.75) is 50.5 Å². The fraction of sp³-hybridized carbons (Fsp3) is 0.500. The average Bonchev–Trinajstić information content (AvgIpc) is 3.25. The van der Waals surface area contributed by atoms with Crippen molar-refractivity contribution in [1.29, 1.82) is 0 Å². The van der Waals surface area contributed by atoms with Crippen molar-refractivity contribution in [2.75, 3.05) is 13.1 Å². The Morgan fingerprint density at radius 2 is 1.64 bits per heavy atom. The number of benzene rings is 1. The summed E-state index contributed by atoms with van der Waals surface area (Å²) in [5.41, 5.74) is 1.61. The van der Waals surface area contributed by atoms with Gasteiger partial charge in [0.25, 0.3) is 0 Å². The van der Waals surface area contributed by atoms with Gasteiger partial charge in [-0.3, -0.25) is 9.48 Å². The van der Waals surface area contributed by atoms with Crippen LogP contribution in [0.15, 0.2) is 42.7 Å². The number of aromatic carboxylic acids is 1. The van der Waals surface area contributed by atoms with E-state index >= 15 is 0 Å². The molecule has 2 aliphatic rings. The van der Waals surface area contributed by atoms with Gasteiger partial charge in [0.15, 0.2) is 0 Å². The van der Waals surface area contributed by atoms with E-state index in [2.05, 4.69) is 29.4 Å². The van der Waals surface area contributed by atoms with E-state index in [-0.39, 0.29) is 17.5 Å². The summed E-state index contributed by atoms with van der Waals surface area (Å²) >= 11 is 0. The number of hydrogen-bond acceptors (Lipinski definition) is 3. The number of amides is 1. The Morgan fingerprint density at radius 1 is 0.964 bits per heavy atom. The van der Waals surface area contributed by atoms with Gasteiger partial charge < -0.3 is 10.0 Å². The van der Waals surface area contributed by atoms with Crippen LogP contribution in [0.2, 0.25) is 0 Å². The predicted molar refractivity (Wildman–Crippen MR) is 105 cm³/mol. The molecule has 0 bridgehead atoms. The molecule has 1 aliphatic heterocycles. The zero-order valence-electron chi connectivity index (χ0n) is 16.0. The topological polar surface area (TPSA) is 75.4 Å². The van der Waals surface area contributed by atoms with Crippen LogP contribution in [-0.2, 0) is 4.79 Å². The highest BCUT2D eigenvalue weighted by atomic mass is 16.4. The van der Waals surface area contributed by atoms with Gasteiger partial charge in [-0.15, -0.1) is 0 Å². The van der Waals surface area contributed by atoms with Crippen molar-refractivity contribution >= 4 is 11.9 Å². The van der Waals surface area contributed by atoms with Crippen molar-refractivity contribution in [3.63, 3.8) is 0 Å². The maximum absolute atomic E-state index is 13.0. The van der Waals surface area contributed by atoms with Gasteiger partial charge in [-0.05, 0) is 50.0 Å². The molecule has 0 spiro atoms. The first-order chi connectivity index (χ1) is 13.6. The standard InChI is InChI=1S/C22H27N3O3/c26-21(18-8-6-17(7-9-18)16-4-2-1-3-5-16)24-12-10-20(11-13-24)25-15-19(14-23-25)22(27)28/h1-5,14-15,17-18,20H,6-13H2,(H,27,28). The van der Waals surface area contributed by atoms with Crippen molar-refractivity contribution in [1.82, 2.24) is 14.7 Å². The number of likely N-dealkylation sites (tertiary alicyclic amines) is 1. The first-order valence-corrected chi connectivity index (χ1v) is 10.2. The van der Waals surface area contributed by atoms with Crippen molar-refractivity contribution < 1.29 is 14.7 Å². The second kappa shape index (κ2) is 8.17. The van der Waals surface area contributed by atoms with Crippen molar-refractivity contribution in [3.8, 4) is 0 Å². The lowest BCUT2D eigenvalue weighted by Gasteiger charge is -2.36. The van der Waals surface area contributed by atoms with E-state index in [0.29, 0.717) is 11.8 Å². The summed E-state index contributed by atoms with van der Waals surface area (Å²) in [6, 6.07) is 10.8. The summed E-state index contributed by atoms with van der Waals surface area (Å²) in [5.74, 6) is 0.0840. The fourth-order valence-corrected chi connectivity index (χ4v) is 4.66. The number of carboxylic acid groups (broad SMARTS) is 1. The molecule has 2 heterocycles. The van der Waals surface area contributed by atoms with Crippen molar-refractivity contribution in [2.24, 2.45) is 5.92 Å². The number of carbonyl (C=O) groups is 2. The zero-order chi connectivity index (χ0) is 19.5. The van der Waals surface area contributed by atoms with Gasteiger partial charge in [0.1, 0.15) is 0 Å². The fourth-order valence-electron chi connectivity index (χ4n) is 4.66. The number of rotatable bonds is 4. The molecule has 1 aromatic carbocycles. The first kappa shape index (κ1) is 18.7. The summed E-state index contributed by atoms with van der Waals surface area (Å²) in [4.78, 5) is 26.0. The maximum Gasteiger partial charge on any atom is 0.338 e. The lowest BCUT2D eigenvalue weighted by atomic mass is 9.78. The first-order valence-electron chi connectivity index (χ1n) is 10.2. The van der Waals surface area contributed by atoms with Crippen LogP contribution >= 0.6 is 0 Å². The molecule has 4 rings (SSSR count). The molecular weight excluding hydrogens is 354 g/mol. The molecule has 6 nitrogen and oxygen atoms in total. The van der Waals surface area contributed by atoms with E-state index in [9.17, 15) is 9.59 Å². The molecule has 1 amide bonds. The summed E-state index contributed by atoms with van der Waals surface area (Å²) in [5, 5.41) is 13.2. The maximum atomic E-state index is 13.0. The Bertz CT molecular complexity index is 817. The molecule has 0 unspecified atom stereocenters. The molecule has 148 valence electrons. The van der Waals surface area contributed by atoms with Crippen LogP contribution in [-0.4, -0.2) is 44.8 Å². The molecule has 1 saturated carbocycles. The minimum Gasteiger partial charge on any atom is -0.478 e. The number of piperidine rings is 1. The Labute approximate surface area is 165 Å². The SMILES string of the molecule is O=C(O)c1cnn(C2CCN(C(=O)C3CCC(c4ccccc4)CC3)CC2)c1. The third-order valence-corrected chi connectivity index (χ3v) is 6.35. The Balaban J connectivity index is 1.28. The van der Waals surface area contributed by atoms with Crippen molar-refractivity contribution in [3.05, 3.63) is 53.9 Å². The lowest BCUT2D eigenvalue weighted by Crippen LogP contribution is -2.43. The van der Waals surface area contributed by atoms with Crippen LogP contribution in [0, 0.1) is 5.92 Å². The highest BCUT2D eigenvalue weighted by Crippen LogP contribution is 2.37. The molecule has 2 aromatic rings. The minimum absolute atomic E-state index is 0.153. The Kier molecular flexibility index (Phi) is 5.46. The van der Waals surface area contributed by atoms with Gasteiger partial charge in [-0.1, -0.05) is 30.3 Å². The summed E-state index contributed by atoms with van der Waals surface area (Å²) in [7, 11) is 0. The van der Waals surface area contributed by atoms with Gasteiger partial charge in [0, 0.05) is 25.2 Å². The molecule has 28 heavy (non-hydrogen) atoms. The van der Waals surface area contributed by atoms with Crippen LogP contribution in [0.25, 0.3) is 0 Å². The molecule has 1 saturated heterocycles. The predicted octanol–water partition coefficient (Wildman–Crippen LogP) is 3.72. The molecule has 0 atom stereocenters. The molecule has 1 N–H and O–H groups in total. The van der Waals surface area contributed by atoms with E-state index in [1.165, 1.54) is 11.8 Å². The number of aromatic nitrogens is 2. The summed E-state index contributed by atoms with van der Waals surface area (Å²) < 4.78 is 1.75. The van der Waals surface area contributed by atoms with E-state index in [1.54, 1.807) is 10.9 Å². The molecule has 1 aliphatic carbocycles. The second-order valence-corrected chi connectivity index (χ2v) is 8.03. The van der Waals surface area contributed by atoms with E-state index < -0.39 is 5.97 Å². The van der Waals surface area contributed by atoms with Gasteiger partial charge >= 0.3 is 5.97 Å². The van der Waals surface area contributed by atoms with Gasteiger partial charge in [0.2, 0.25) is 5.91 Å². The van der Waals surface area contributed by atoms with Crippen LogP contribution in [0.5, 0.6) is 0 Å². The third-order valence-electron chi connectivity index (χ3n) is 6.35. The largest absolute Gasteiger partial charge is 0.478 e. The molecule has 6 heteroatoms. The second-order valence-electron chi connectivity index (χ2n) is 8.03. The molecule has 2 fully saturated rings. The zero-order valence-corrected chi connectivity index (χ0v) is 16.0. The Hall–Kier alpha value is -2.63. The van der Waals surface area contributed by atoms with Crippen LogP contribution < -0.4 is 0 Å². The Morgan fingerprint density at radius 3 is 2.25 bits per heavy atom. The normalized spacial score (nSPS) is 23.5. The monoisotopic (exact) mass is 381 g/mol. The lowest BCUT2D eigenvalue weighted by molar-refractivity contribution is -0.138. The van der Waals surface area contributed by atoms with E-state index in [4.69, 9.17) is 5.11 Å². The summed E-state index contributed by atoms with van der Waals surface area (Å²) in [6.07, 6.45) is 8.75. The average molecular weight is 381 g/mol. The third kappa shape index (κ3) is 3.96. The molecule has 1 aromatic heterocycles. The highest BCUT2D eigenvalue weighted by Gasteiger charge is 2.32. The number of hydrogen-bond donors (Lipinski definition) is 1. The smallest absolute Gasteiger partial charge is 0.338 e. The van der Waals surface area contributed by atoms with Crippen LogP contribution in [0.3, 0.4) is 0 Å². The number of carbonyl (C=O) groups excluding carboxylic acids is 1. The number of carboxylic acids is 1. The number of nitrogens with zero attached hydrogens (tertiary/aromatic N) is 3. The molecular formula is C22H27N3O3. The van der Waals surface area contributed by atoms with Gasteiger partial charge in [-0.25, -0.2) is 4.79 Å². The van der Waals surface area contributed by atoms with Gasteiger partial charge in [-0.2, -0.15) is 5.10 Å². The quantitative estimate of drug-likeness (QED) is 0.876. The molecule has 0 radical (unpaired) electrons. The minimum atomic E-state index is -0.954.